The first kappa shape index (κ1) is 17.5. The summed E-state index contributed by atoms with van der Waals surface area (Å²) < 4.78 is 0. The Balaban J connectivity index is 2.62. The van der Waals surface area contributed by atoms with E-state index in [2.05, 4.69) is 57.4 Å². The lowest BCUT2D eigenvalue weighted by molar-refractivity contribution is -0.122. The van der Waals surface area contributed by atoms with E-state index in [9.17, 15) is 4.79 Å². The number of carbonyl (C=O) groups excluding carboxylic acids is 1. The summed E-state index contributed by atoms with van der Waals surface area (Å²) in [7, 11) is 0. The number of hydrogen-bond acceptors (Lipinski definition) is 2. The van der Waals surface area contributed by atoms with Crippen LogP contribution in [0.2, 0.25) is 0 Å². The predicted molar refractivity (Wildman–Crippen MR) is 90.7 cm³/mol. The highest BCUT2D eigenvalue weighted by Gasteiger charge is 2.16. The molecule has 0 aliphatic rings. The molecule has 0 aliphatic heterocycles. The fourth-order valence-electron chi connectivity index (χ4n) is 2.20. The maximum absolute atomic E-state index is 12.1. The first-order valence-electron chi connectivity index (χ1n) is 7.95. The minimum Gasteiger partial charge on any atom is -0.374 e. The average molecular weight is 290 g/mol. The SMILES string of the molecule is CCC(CC)NC(=O)C(C)Nc1ccc(C(C)(C)C)cc1. The topological polar surface area (TPSA) is 41.1 Å². The molecule has 21 heavy (non-hydrogen) atoms. The molecule has 0 saturated heterocycles. The van der Waals surface area contributed by atoms with Gasteiger partial charge in [-0.05, 0) is 42.9 Å². The van der Waals surface area contributed by atoms with Gasteiger partial charge in [0, 0.05) is 11.7 Å². The van der Waals surface area contributed by atoms with E-state index in [0.29, 0.717) is 0 Å². The van der Waals surface area contributed by atoms with E-state index in [0.717, 1.165) is 18.5 Å². The Morgan fingerprint density at radius 3 is 2.05 bits per heavy atom. The summed E-state index contributed by atoms with van der Waals surface area (Å²) in [5, 5.41) is 6.33. The smallest absolute Gasteiger partial charge is 0.242 e. The van der Waals surface area contributed by atoms with E-state index in [-0.39, 0.29) is 23.4 Å². The van der Waals surface area contributed by atoms with Crippen LogP contribution in [0.5, 0.6) is 0 Å². The molecule has 1 rings (SSSR count). The van der Waals surface area contributed by atoms with Crippen LogP contribution in [0.25, 0.3) is 0 Å². The summed E-state index contributed by atoms with van der Waals surface area (Å²) in [4.78, 5) is 12.1. The zero-order valence-corrected chi connectivity index (χ0v) is 14.3. The van der Waals surface area contributed by atoms with Gasteiger partial charge >= 0.3 is 0 Å². The largest absolute Gasteiger partial charge is 0.374 e. The number of hydrogen-bond donors (Lipinski definition) is 2. The van der Waals surface area contributed by atoms with Gasteiger partial charge in [-0.3, -0.25) is 4.79 Å². The van der Waals surface area contributed by atoms with Crippen LogP contribution in [-0.2, 0) is 10.2 Å². The quantitative estimate of drug-likeness (QED) is 0.828. The molecule has 0 aliphatic carbocycles. The molecular formula is C18H30N2O. The third-order valence-electron chi connectivity index (χ3n) is 3.86. The van der Waals surface area contributed by atoms with Crippen LogP contribution in [-0.4, -0.2) is 18.0 Å². The van der Waals surface area contributed by atoms with Gasteiger partial charge in [0.05, 0.1) is 0 Å². The standard InChI is InChI=1S/C18H30N2O/c1-7-15(8-2)20-17(21)13(3)19-16-11-9-14(10-12-16)18(4,5)6/h9-13,15,19H,7-8H2,1-6H3,(H,20,21). The summed E-state index contributed by atoms with van der Waals surface area (Å²) in [6.45, 7) is 12.7. The summed E-state index contributed by atoms with van der Waals surface area (Å²) in [5.74, 6) is 0.0589. The van der Waals surface area contributed by atoms with Crippen LogP contribution in [0, 0.1) is 0 Å². The highest BCUT2D eigenvalue weighted by atomic mass is 16.2. The molecule has 1 atom stereocenters. The molecule has 0 bridgehead atoms. The molecule has 1 aromatic carbocycles. The van der Waals surface area contributed by atoms with E-state index in [1.807, 2.05) is 19.1 Å². The second kappa shape index (κ2) is 7.48. The fraction of sp³-hybridized carbons (Fsp3) is 0.611. The summed E-state index contributed by atoms with van der Waals surface area (Å²) in [6.07, 6.45) is 1.93. The van der Waals surface area contributed by atoms with Gasteiger partial charge in [-0.15, -0.1) is 0 Å². The number of anilines is 1. The van der Waals surface area contributed by atoms with Gasteiger partial charge < -0.3 is 10.6 Å². The number of nitrogens with one attached hydrogen (secondary N) is 2. The van der Waals surface area contributed by atoms with E-state index in [1.54, 1.807) is 0 Å². The summed E-state index contributed by atoms with van der Waals surface area (Å²) >= 11 is 0. The predicted octanol–water partition coefficient (Wildman–Crippen LogP) is 4.09. The fourth-order valence-corrected chi connectivity index (χ4v) is 2.20. The Kier molecular flexibility index (Phi) is 6.25. The second-order valence-electron chi connectivity index (χ2n) is 6.72. The van der Waals surface area contributed by atoms with Crippen molar-refractivity contribution in [3.63, 3.8) is 0 Å². The van der Waals surface area contributed by atoms with Gasteiger partial charge in [-0.1, -0.05) is 46.8 Å². The van der Waals surface area contributed by atoms with E-state index >= 15 is 0 Å². The van der Waals surface area contributed by atoms with Crippen molar-refractivity contribution in [2.75, 3.05) is 5.32 Å². The van der Waals surface area contributed by atoms with Crippen LogP contribution < -0.4 is 10.6 Å². The number of benzene rings is 1. The van der Waals surface area contributed by atoms with Crippen molar-refractivity contribution in [1.29, 1.82) is 0 Å². The van der Waals surface area contributed by atoms with Crippen molar-refractivity contribution >= 4 is 11.6 Å². The minimum absolute atomic E-state index is 0.0589. The molecule has 0 saturated carbocycles. The van der Waals surface area contributed by atoms with Gasteiger partial charge in [0.25, 0.3) is 0 Å². The molecule has 0 fully saturated rings. The summed E-state index contributed by atoms with van der Waals surface area (Å²) in [6, 6.07) is 8.36. The van der Waals surface area contributed by atoms with Crippen molar-refractivity contribution in [1.82, 2.24) is 5.32 Å². The highest BCUT2D eigenvalue weighted by molar-refractivity contribution is 5.84. The molecule has 3 heteroatoms. The monoisotopic (exact) mass is 290 g/mol. The first-order chi connectivity index (χ1) is 9.77. The molecule has 0 spiro atoms. The van der Waals surface area contributed by atoms with Crippen molar-refractivity contribution in [3.05, 3.63) is 29.8 Å². The van der Waals surface area contributed by atoms with Crippen molar-refractivity contribution < 1.29 is 4.79 Å². The molecule has 1 unspecified atom stereocenters. The van der Waals surface area contributed by atoms with Gasteiger partial charge in [-0.25, -0.2) is 0 Å². The van der Waals surface area contributed by atoms with Crippen molar-refractivity contribution in [2.45, 2.75) is 71.9 Å². The van der Waals surface area contributed by atoms with Crippen molar-refractivity contribution in [2.24, 2.45) is 0 Å². The zero-order valence-electron chi connectivity index (χ0n) is 14.3. The van der Waals surface area contributed by atoms with Crippen LogP contribution in [0.1, 0.15) is 59.9 Å². The van der Waals surface area contributed by atoms with Crippen LogP contribution in [0.4, 0.5) is 5.69 Å². The van der Waals surface area contributed by atoms with Gasteiger partial charge in [-0.2, -0.15) is 0 Å². The van der Waals surface area contributed by atoms with E-state index in [1.165, 1.54) is 5.56 Å². The second-order valence-corrected chi connectivity index (χ2v) is 6.72. The third-order valence-corrected chi connectivity index (χ3v) is 3.86. The van der Waals surface area contributed by atoms with E-state index in [4.69, 9.17) is 0 Å². The molecular weight excluding hydrogens is 260 g/mol. The van der Waals surface area contributed by atoms with E-state index < -0.39 is 0 Å². The normalized spacial score (nSPS) is 13.1. The molecule has 3 nitrogen and oxygen atoms in total. The lowest BCUT2D eigenvalue weighted by atomic mass is 9.87. The Morgan fingerprint density at radius 1 is 1.10 bits per heavy atom. The Labute approximate surface area is 129 Å². The highest BCUT2D eigenvalue weighted by Crippen LogP contribution is 2.23. The number of carbonyl (C=O) groups is 1. The summed E-state index contributed by atoms with van der Waals surface area (Å²) in [5.41, 5.74) is 2.43. The molecule has 1 amide bonds. The van der Waals surface area contributed by atoms with Crippen molar-refractivity contribution in [3.8, 4) is 0 Å². The van der Waals surface area contributed by atoms with Crippen LogP contribution in [0.3, 0.4) is 0 Å². The van der Waals surface area contributed by atoms with Gasteiger partial charge in [0.15, 0.2) is 0 Å². The van der Waals surface area contributed by atoms with Crippen LogP contribution in [0.15, 0.2) is 24.3 Å². The molecule has 0 aromatic heterocycles. The molecule has 118 valence electrons. The number of rotatable bonds is 6. The lowest BCUT2D eigenvalue weighted by Crippen LogP contribution is -2.42. The molecule has 0 heterocycles. The molecule has 0 radical (unpaired) electrons. The Hall–Kier alpha value is -1.51. The Bertz CT molecular complexity index is 441. The molecule has 2 N–H and O–H groups in total. The van der Waals surface area contributed by atoms with Gasteiger partial charge in [0.2, 0.25) is 5.91 Å². The first-order valence-corrected chi connectivity index (χ1v) is 7.95. The maximum Gasteiger partial charge on any atom is 0.242 e. The third kappa shape index (κ3) is 5.41. The maximum atomic E-state index is 12.1. The van der Waals surface area contributed by atoms with Gasteiger partial charge in [0.1, 0.15) is 6.04 Å². The van der Waals surface area contributed by atoms with Crippen LogP contribution >= 0.6 is 0 Å². The lowest BCUT2D eigenvalue weighted by Gasteiger charge is -2.22. The number of amides is 1. The minimum atomic E-state index is -0.230. The average Bonchev–Trinajstić information content (AvgIpc) is 2.44. The Morgan fingerprint density at radius 2 is 1.62 bits per heavy atom. The molecule has 1 aromatic rings. The zero-order chi connectivity index (χ0) is 16.0.